The monoisotopic (exact) mass is 547 g/mol. The Hall–Kier alpha value is -4.11. The number of Topliss-reactive ketones (excluding diaryl/α,β-unsaturated/α-hetero) is 1. The number of hydrogen-bond donors (Lipinski definition) is 1. The van der Waals surface area contributed by atoms with Crippen LogP contribution in [0.2, 0.25) is 5.02 Å². The van der Waals surface area contributed by atoms with Crippen molar-refractivity contribution in [3.63, 3.8) is 0 Å². The fourth-order valence-electron chi connectivity index (χ4n) is 4.16. The molecule has 39 heavy (non-hydrogen) atoms. The summed E-state index contributed by atoms with van der Waals surface area (Å²) >= 11 is 6.02. The van der Waals surface area contributed by atoms with Gasteiger partial charge in [0.15, 0.2) is 11.6 Å². The lowest BCUT2D eigenvalue weighted by Gasteiger charge is -2.23. The van der Waals surface area contributed by atoms with Crippen LogP contribution in [0.15, 0.2) is 61.4 Å². The number of nitrogens with one attached hydrogen (secondary N) is 1. The molecule has 0 bridgehead atoms. The third kappa shape index (κ3) is 6.67. The maximum Gasteiger partial charge on any atom is 0.408 e. The summed E-state index contributed by atoms with van der Waals surface area (Å²) in [7, 11) is 0. The van der Waals surface area contributed by atoms with Gasteiger partial charge in [-0.2, -0.15) is 0 Å². The molecule has 0 saturated carbocycles. The van der Waals surface area contributed by atoms with Crippen LogP contribution in [0.5, 0.6) is 0 Å². The van der Waals surface area contributed by atoms with Crippen molar-refractivity contribution in [3.05, 3.63) is 88.7 Å². The van der Waals surface area contributed by atoms with E-state index in [1.807, 2.05) is 18.4 Å². The molecule has 0 aliphatic carbocycles. The van der Waals surface area contributed by atoms with Crippen molar-refractivity contribution in [1.82, 2.24) is 24.8 Å². The van der Waals surface area contributed by atoms with Crippen molar-refractivity contribution in [2.75, 3.05) is 0 Å². The molecule has 1 unspecified atom stereocenters. The van der Waals surface area contributed by atoms with Gasteiger partial charge < -0.3 is 14.6 Å². The van der Waals surface area contributed by atoms with Gasteiger partial charge in [0.1, 0.15) is 23.6 Å². The molecule has 10 heteroatoms. The molecule has 0 spiro atoms. The Balaban J connectivity index is 1.61. The number of pyridine rings is 1. The van der Waals surface area contributed by atoms with Gasteiger partial charge in [0.2, 0.25) is 0 Å². The van der Waals surface area contributed by atoms with Crippen LogP contribution in [0.3, 0.4) is 0 Å². The predicted octanol–water partition coefficient (Wildman–Crippen LogP) is 5.67. The summed E-state index contributed by atoms with van der Waals surface area (Å²) in [6, 6.07) is 7.38. The smallest absolute Gasteiger partial charge is 0.408 e. The highest BCUT2D eigenvalue weighted by molar-refractivity contribution is 6.30. The second-order valence-corrected chi connectivity index (χ2v) is 10.9. The number of nitrogens with zero attached hydrogens (tertiary/aromatic N) is 4. The first-order valence-electron chi connectivity index (χ1n) is 12.5. The van der Waals surface area contributed by atoms with Crippen LogP contribution in [0, 0.1) is 0 Å². The highest BCUT2D eigenvalue weighted by Crippen LogP contribution is 2.25. The molecule has 1 atom stereocenters. The number of halogens is 1. The number of aromatic nitrogens is 4. The van der Waals surface area contributed by atoms with Gasteiger partial charge in [-0.1, -0.05) is 23.7 Å². The fraction of sp³-hybridized carbons (Fsp3) is 0.310. The first-order valence-corrected chi connectivity index (χ1v) is 12.9. The van der Waals surface area contributed by atoms with Crippen LogP contribution < -0.4 is 5.32 Å². The van der Waals surface area contributed by atoms with E-state index in [2.05, 4.69) is 20.3 Å². The molecule has 3 heterocycles. The molecule has 0 aliphatic heterocycles. The van der Waals surface area contributed by atoms with E-state index in [4.69, 9.17) is 16.3 Å². The first kappa shape index (κ1) is 27.9. The highest BCUT2D eigenvalue weighted by atomic mass is 35.5. The van der Waals surface area contributed by atoms with Crippen molar-refractivity contribution in [1.29, 1.82) is 0 Å². The SMILES string of the molecule is CC(C)n1cc(C(=O)c2cncc(CC(=O)C(NC(=O)OC(C)(C)C)c3ccc(Cl)cc3)c2)c2cncnc21. The van der Waals surface area contributed by atoms with Crippen LogP contribution in [0.1, 0.15) is 73.8 Å². The summed E-state index contributed by atoms with van der Waals surface area (Å²) in [5.41, 5.74) is 1.79. The Morgan fingerprint density at radius 2 is 1.77 bits per heavy atom. The Morgan fingerprint density at radius 1 is 1.05 bits per heavy atom. The average molecular weight is 548 g/mol. The molecule has 4 rings (SSSR count). The standard InChI is InChI=1S/C29H30ClN5O4/c1-17(2)35-15-23(22-14-32-16-33-27(22)35)26(37)20-10-18(12-31-13-20)11-24(36)25(19-6-8-21(30)9-7-19)34-28(38)39-29(3,4)5/h6-10,12-17,25H,11H2,1-5H3,(H,34,38). The summed E-state index contributed by atoms with van der Waals surface area (Å²) in [4.78, 5) is 52.2. The van der Waals surface area contributed by atoms with E-state index in [0.717, 1.165) is 0 Å². The van der Waals surface area contributed by atoms with Crippen LogP contribution in [0.4, 0.5) is 4.79 Å². The minimum absolute atomic E-state index is 0.0753. The number of carbonyl (C=O) groups excluding carboxylic acids is 3. The molecule has 1 amide bonds. The van der Waals surface area contributed by atoms with E-state index in [1.54, 1.807) is 63.5 Å². The van der Waals surface area contributed by atoms with Gasteiger partial charge in [0.25, 0.3) is 0 Å². The fourth-order valence-corrected chi connectivity index (χ4v) is 4.29. The molecule has 9 nitrogen and oxygen atoms in total. The minimum Gasteiger partial charge on any atom is -0.444 e. The maximum absolute atomic E-state index is 13.5. The normalized spacial score (nSPS) is 12.4. The van der Waals surface area contributed by atoms with E-state index < -0.39 is 17.7 Å². The minimum atomic E-state index is -0.988. The Labute approximate surface area is 231 Å². The zero-order chi connectivity index (χ0) is 28.3. The molecule has 0 radical (unpaired) electrons. The van der Waals surface area contributed by atoms with Crippen molar-refractivity contribution in [2.24, 2.45) is 0 Å². The summed E-state index contributed by atoms with van der Waals surface area (Å²) in [5.74, 6) is -0.559. The molecule has 1 aromatic carbocycles. The second-order valence-electron chi connectivity index (χ2n) is 10.5. The Bertz CT molecular complexity index is 1520. The van der Waals surface area contributed by atoms with Gasteiger partial charge in [-0.15, -0.1) is 0 Å². The predicted molar refractivity (Wildman–Crippen MR) is 148 cm³/mol. The number of amides is 1. The molecule has 4 aromatic rings. The van der Waals surface area contributed by atoms with Gasteiger partial charge >= 0.3 is 6.09 Å². The summed E-state index contributed by atoms with van der Waals surface area (Å²) in [6.45, 7) is 9.23. The zero-order valence-corrected chi connectivity index (χ0v) is 23.2. The van der Waals surface area contributed by atoms with E-state index in [-0.39, 0.29) is 24.0 Å². The number of alkyl carbamates (subject to hydrolysis) is 1. The number of hydrogen-bond acceptors (Lipinski definition) is 7. The molecule has 0 aliphatic rings. The van der Waals surface area contributed by atoms with Crippen LogP contribution in [0.25, 0.3) is 11.0 Å². The molecule has 202 valence electrons. The first-order chi connectivity index (χ1) is 18.4. The number of rotatable bonds is 8. The van der Waals surface area contributed by atoms with E-state index in [1.165, 1.54) is 18.7 Å². The van der Waals surface area contributed by atoms with Crippen molar-refractivity contribution in [3.8, 4) is 0 Å². The lowest BCUT2D eigenvalue weighted by atomic mass is 9.97. The number of fused-ring (bicyclic) bond motifs is 1. The second kappa shape index (κ2) is 11.3. The molecule has 3 aromatic heterocycles. The van der Waals surface area contributed by atoms with E-state index in [9.17, 15) is 14.4 Å². The third-order valence-corrected chi connectivity index (χ3v) is 6.17. The van der Waals surface area contributed by atoms with Gasteiger partial charge in [0.05, 0.1) is 5.56 Å². The molecular formula is C29H30ClN5O4. The molecular weight excluding hydrogens is 518 g/mol. The zero-order valence-electron chi connectivity index (χ0n) is 22.4. The van der Waals surface area contributed by atoms with Crippen molar-refractivity contribution < 1.29 is 19.1 Å². The van der Waals surface area contributed by atoms with Gasteiger partial charge in [-0.05, 0) is 63.9 Å². The highest BCUT2D eigenvalue weighted by Gasteiger charge is 2.27. The number of ketones is 2. The average Bonchev–Trinajstić information content (AvgIpc) is 3.27. The van der Waals surface area contributed by atoms with E-state index in [0.29, 0.717) is 38.3 Å². The maximum atomic E-state index is 13.5. The van der Waals surface area contributed by atoms with Gasteiger partial charge in [-0.3, -0.25) is 14.6 Å². The van der Waals surface area contributed by atoms with Gasteiger partial charge in [0, 0.05) is 53.2 Å². The van der Waals surface area contributed by atoms with Gasteiger partial charge in [-0.25, -0.2) is 14.8 Å². The van der Waals surface area contributed by atoms with Crippen LogP contribution >= 0.6 is 11.6 Å². The molecule has 1 N–H and O–H groups in total. The topological polar surface area (TPSA) is 116 Å². The van der Waals surface area contributed by atoms with E-state index >= 15 is 0 Å². The number of benzene rings is 1. The van der Waals surface area contributed by atoms with Crippen LogP contribution in [-0.4, -0.2) is 42.8 Å². The molecule has 0 saturated heterocycles. The quantitative estimate of drug-likeness (QED) is 0.282. The van der Waals surface area contributed by atoms with Crippen LogP contribution in [-0.2, 0) is 16.0 Å². The largest absolute Gasteiger partial charge is 0.444 e. The number of carbonyl (C=O) groups is 3. The Morgan fingerprint density at radius 3 is 2.44 bits per heavy atom. The summed E-state index contributed by atoms with van der Waals surface area (Å²) in [5, 5.41) is 3.81. The molecule has 0 fully saturated rings. The summed E-state index contributed by atoms with van der Waals surface area (Å²) in [6.07, 6.45) is 7.04. The third-order valence-electron chi connectivity index (χ3n) is 5.92. The van der Waals surface area contributed by atoms with Crippen molar-refractivity contribution in [2.45, 2.75) is 58.7 Å². The Kier molecular flexibility index (Phi) is 8.11. The lowest BCUT2D eigenvalue weighted by Crippen LogP contribution is -2.38. The lowest BCUT2D eigenvalue weighted by molar-refractivity contribution is -0.120. The number of ether oxygens (including phenoxy) is 1. The summed E-state index contributed by atoms with van der Waals surface area (Å²) < 4.78 is 7.29. The van der Waals surface area contributed by atoms with Crippen molar-refractivity contribution >= 4 is 40.3 Å².